The fourth-order valence-corrected chi connectivity index (χ4v) is 1.40. The molecule has 4 N–H and O–H groups in total. The second-order valence-corrected chi connectivity index (χ2v) is 4.42. The van der Waals surface area contributed by atoms with E-state index in [1.54, 1.807) is 13.8 Å². The smallest absolute Gasteiger partial charge is 0.326 e. The van der Waals surface area contributed by atoms with E-state index in [0.29, 0.717) is 0 Å². The molecule has 0 saturated carbocycles. The molecular formula is C11H18N2O6. The Bertz CT molecular complexity index is 363. The van der Waals surface area contributed by atoms with Crippen molar-refractivity contribution < 1.29 is 29.4 Å². The van der Waals surface area contributed by atoms with E-state index in [9.17, 15) is 19.2 Å². The summed E-state index contributed by atoms with van der Waals surface area (Å²) in [5, 5.41) is 21.9. The van der Waals surface area contributed by atoms with Crippen LogP contribution in [0.1, 0.15) is 27.2 Å². The zero-order chi connectivity index (χ0) is 15.2. The van der Waals surface area contributed by atoms with Crippen LogP contribution in [0.4, 0.5) is 0 Å². The van der Waals surface area contributed by atoms with Crippen molar-refractivity contribution in [2.24, 2.45) is 5.92 Å². The average molecular weight is 274 g/mol. The van der Waals surface area contributed by atoms with Crippen molar-refractivity contribution >= 4 is 23.8 Å². The molecule has 2 amide bonds. The summed E-state index contributed by atoms with van der Waals surface area (Å²) in [6.45, 7) is 4.34. The first-order valence-electron chi connectivity index (χ1n) is 5.67. The number of carboxylic acid groups (broad SMARTS) is 2. The highest BCUT2D eigenvalue weighted by molar-refractivity contribution is 5.92. The van der Waals surface area contributed by atoms with Crippen molar-refractivity contribution in [2.75, 3.05) is 0 Å². The highest BCUT2D eigenvalue weighted by Crippen LogP contribution is 2.03. The third-order valence-electron chi connectivity index (χ3n) is 2.30. The molecule has 0 spiro atoms. The molecule has 0 unspecified atom stereocenters. The molecule has 0 radical (unpaired) electrons. The number of carbonyl (C=O) groups is 4. The monoisotopic (exact) mass is 274 g/mol. The Morgan fingerprint density at radius 2 is 1.58 bits per heavy atom. The predicted molar refractivity (Wildman–Crippen MR) is 64.3 cm³/mol. The van der Waals surface area contributed by atoms with Gasteiger partial charge in [-0.25, -0.2) is 4.79 Å². The minimum atomic E-state index is -1.30. The topological polar surface area (TPSA) is 133 Å². The van der Waals surface area contributed by atoms with E-state index >= 15 is 0 Å². The molecule has 0 rings (SSSR count). The summed E-state index contributed by atoms with van der Waals surface area (Å²) >= 11 is 0. The van der Waals surface area contributed by atoms with Gasteiger partial charge in [0.05, 0.1) is 6.42 Å². The molecule has 2 atom stereocenters. The van der Waals surface area contributed by atoms with Gasteiger partial charge in [-0.1, -0.05) is 13.8 Å². The maximum Gasteiger partial charge on any atom is 0.326 e. The van der Waals surface area contributed by atoms with Crippen LogP contribution in [0, 0.1) is 5.92 Å². The number of carbonyl (C=O) groups excluding carboxylic acids is 2. The summed E-state index contributed by atoms with van der Waals surface area (Å²) in [5.41, 5.74) is 0. The van der Waals surface area contributed by atoms with Gasteiger partial charge in [-0.3, -0.25) is 14.4 Å². The molecule has 19 heavy (non-hydrogen) atoms. The Morgan fingerprint density at radius 3 is 1.89 bits per heavy atom. The normalized spacial score (nSPS) is 13.5. The number of rotatable bonds is 7. The zero-order valence-corrected chi connectivity index (χ0v) is 11.0. The lowest BCUT2D eigenvalue weighted by atomic mass is 10.0. The molecule has 0 fully saturated rings. The summed E-state index contributed by atoms with van der Waals surface area (Å²) in [7, 11) is 0. The summed E-state index contributed by atoms with van der Waals surface area (Å²) in [6.07, 6.45) is -0.615. The first kappa shape index (κ1) is 16.9. The minimum Gasteiger partial charge on any atom is -0.481 e. The Labute approximate surface area is 110 Å². The van der Waals surface area contributed by atoms with Crippen LogP contribution in [0.2, 0.25) is 0 Å². The Balaban J connectivity index is 4.83. The standard InChI is InChI=1S/C11H18N2O6/c1-5(2)9(11(18)19)13-10(17)7(4-8(15)16)12-6(3)14/h5,7,9H,4H2,1-3H3,(H,12,14)(H,13,17)(H,15,16)(H,18,19)/t7-,9-/m0/s1. The van der Waals surface area contributed by atoms with Gasteiger partial charge in [-0.15, -0.1) is 0 Å². The fourth-order valence-electron chi connectivity index (χ4n) is 1.40. The van der Waals surface area contributed by atoms with Crippen LogP contribution in [0.5, 0.6) is 0 Å². The minimum absolute atomic E-state index is 0.371. The van der Waals surface area contributed by atoms with Gasteiger partial charge in [0.1, 0.15) is 12.1 Å². The van der Waals surface area contributed by atoms with Gasteiger partial charge in [0.25, 0.3) is 0 Å². The van der Waals surface area contributed by atoms with Crippen molar-refractivity contribution in [1.82, 2.24) is 10.6 Å². The SMILES string of the molecule is CC(=O)N[C@@H](CC(=O)O)C(=O)N[C@H](C(=O)O)C(C)C. The van der Waals surface area contributed by atoms with Crippen molar-refractivity contribution in [3.8, 4) is 0 Å². The first-order valence-corrected chi connectivity index (χ1v) is 5.67. The number of carboxylic acids is 2. The highest BCUT2D eigenvalue weighted by atomic mass is 16.4. The molecule has 0 bridgehead atoms. The quantitative estimate of drug-likeness (QED) is 0.480. The van der Waals surface area contributed by atoms with Crippen LogP contribution in [0.25, 0.3) is 0 Å². The molecule has 0 aliphatic rings. The summed E-state index contributed by atoms with van der Waals surface area (Å²) in [4.78, 5) is 44.2. The van der Waals surface area contributed by atoms with Gasteiger partial charge in [-0.2, -0.15) is 0 Å². The second kappa shape index (κ2) is 7.34. The van der Waals surface area contributed by atoms with Crippen LogP contribution >= 0.6 is 0 Å². The number of nitrogens with one attached hydrogen (secondary N) is 2. The molecule has 0 saturated heterocycles. The number of hydrogen-bond acceptors (Lipinski definition) is 4. The van der Waals surface area contributed by atoms with Crippen molar-refractivity contribution in [1.29, 1.82) is 0 Å². The van der Waals surface area contributed by atoms with Gasteiger partial charge >= 0.3 is 11.9 Å². The molecule has 0 aliphatic heterocycles. The van der Waals surface area contributed by atoms with Gasteiger partial charge in [0, 0.05) is 6.92 Å². The summed E-state index contributed by atoms with van der Waals surface area (Å²) in [6, 6.07) is -2.44. The van der Waals surface area contributed by atoms with Crippen LogP contribution in [-0.2, 0) is 19.2 Å². The van der Waals surface area contributed by atoms with Gasteiger partial charge in [0.2, 0.25) is 11.8 Å². The first-order chi connectivity index (χ1) is 8.65. The second-order valence-electron chi connectivity index (χ2n) is 4.42. The maximum absolute atomic E-state index is 11.8. The molecule has 108 valence electrons. The maximum atomic E-state index is 11.8. The van der Waals surface area contributed by atoms with Crippen molar-refractivity contribution in [2.45, 2.75) is 39.3 Å². The molecule has 8 nitrogen and oxygen atoms in total. The molecule has 0 aliphatic carbocycles. The van der Waals surface area contributed by atoms with Crippen LogP contribution < -0.4 is 10.6 Å². The molecule has 0 aromatic rings. The number of aliphatic carboxylic acids is 2. The lowest BCUT2D eigenvalue weighted by Crippen LogP contribution is -2.53. The van der Waals surface area contributed by atoms with Crippen LogP contribution in [0.3, 0.4) is 0 Å². The summed E-state index contributed by atoms with van der Waals surface area (Å²) < 4.78 is 0. The lowest BCUT2D eigenvalue weighted by Gasteiger charge is -2.22. The molecule has 0 aromatic heterocycles. The highest BCUT2D eigenvalue weighted by Gasteiger charge is 2.29. The fraction of sp³-hybridized carbons (Fsp3) is 0.636. The summed E-state index contributed by atoms with van der Waals surface area (Å²) in [5.74, 6) is -4.27. The third-order valence-corrected chi connectivity index (χ3v) is 2.30. The Morgan fingerprint density at radius 1 is 1.05 bits per heavy atom. The third kappa shape index (κ3) is 6.39. The van der Waals surface area contributed by atoms with Gasteiger partial charge in [0.15, 0.2) is 0 Å². The Hall–Kier alpha value is -2.12. The van der Waals surface area contributed by atoms with E-state index < -0.39 is 42.3 Å². The van der Waals surface area contributed by atoms with E-state index in [4.69, 9.17) is 10.2 Å². The van der Waals surface area contributed by atoms with Gasteiger partial charge < -0.3 is 20.8 Å². The van der Waals surface area contributed by atoms with E-state index in [1.165, 1.54) is 0 Å². The molecular weight excluding hydrogens is 256 g/mol. The van der Waals surface area contributed by atoms with Crippen molar-refractivity contribution in [3.63, 3.8) is 0 Å². The van der Waals surface area contributed by atoms with Gasteiger partial charge in [-0.05, 0) is 5.92 Å². The molecule has 8 heteroatoms. The van der Waals surface area contributed by atoms with Crippen LogP contribution in [-0.4, -0.2) is 46.0 Å². The zero-order valence-electron chi connectivity index (χ0n) is 11.0. The van der Waals surface area contributed by atoms with E-state index in [2.05, 4.69) is 10.6 Å². The van der Waals surface area contributed by atoms with E-state index in [0.717, 1.165) is 6.92 Å². The van der Waals surface area contributed by atoms with Crippen LogP contribution in [0.15, 0.2) is 0 Å². The largest absolute Gasteiger partial charge is 0.481 e. The molecule has 0 aromatic carbocycles. The van der Waals surface area contributed by atoms with E-state index in [-0.39, 0.29) is 5.92 Å². The van der Waals surface area contributed by atoms with E-state index in [1.807, 2.05) is 0 Å². The number of hydrogen-bond donors (Lipinski definition) is 4. The molecule has 0 heterocycles. The average Bonchev–Trinajstić information content (AvgIpc) is 2.22. The number of amides is 2. The van der Waals surface area contributed by atoms with Crippen molar-refractivity contribution in [3.05, 3.63) is 0 Å². The Kier molecular flexibility index (Phi) is 6.53. The predicted octanol–water partition coefficient (Wildman–Crippen LogP) is -0.809. The lowest BCUT2D eigenvalue weighted by molar-refractivity contribution is -0.144.